The number of rotatable bonds is 19. The summed E-state index contributed by atoms with van der Waals surface area (Å²) in [6.45, 7) is 18.0. The third-order valence-electron chi connectivity index (χ3n) is 13.0. The van der Waals surface area contributed by atoms with Gasteiger partial charge in [0.25, 0.3) is 5.91 Å². The number of carbonyl (C=O) groups is 4. The normalized spacial score (nSPS) is 20.3. The van der Waals surface area contributed by atoms with E-state index in [0.717, 1.165) is 34.5 Å². The Balaban J connectivity index is 0.893. The Bertz CT molecular complexity index is 2450. The highest BCUT2D eigenvalue weighted by Crippen LogP contribution is 2.55. The van der Waals surface area contributed by atoms with Gasteiger partial charge >= 0.3 is 0 Å². The van der Waals surface area contributed by atoms with Crippen molar-refractivity contribution in [2.24, 2.45) is 16.2 Å². The number of amides is 4. The summed E-state index contributed by atoms with van der Waals surface area (Å²) in [5.41, 5.74) is 4.12. The molecule has 1 saturated heterocycles. The number of benzene rings is 3. The number of nitrogens with one attached hydrogen (secondary N) is 3. The molecule has 1 aliphatic heterocycles. The van der Waals surface area contributed by atoms with Gasteiger partial charge in [0.2, 0.25) is 17.7 Å². The van der Waals surface area contributed by atoms with Crippen LogP contribution in [0.3, 0.4) is 0 Å². The average Bonchev–Trinajstić information content (AvgIpc) is 3.91. The second-order valence-electron chi connectivity index (χ2n) is 20.2. The molecule has 68 heavy (non-hydrogen) atoms. The fourth-order valence-corrected chi connectivity index (χ4v) is 10.6. The molecule has 0 bridgehead atoms. The van der Waals surface area contributed by atoms with E-state index in [1.165, 1.54) is 4.90 Å². The van der Waals surface area contributed by atoms with Crippen molar-refractivity contribution in [2.75, 3.05) is 19.8 Å². The molecule has 1 saturated carbocycles. The molecule has 6 rings (SSSR count). The van der Waals surface area contributed by atoms with Crippen LogP contribution >= 0.6 is 22.9 Å². The molecule has 0 radical (unpaired) electrons. The Morgan fingerprint density at radius 1 is 1.00 bits per heavy atom. The first kappa shape index (κ1) is 51.9. The maximum absolute atomic E-state index is 14.0. The molecule has 3 aromatic carbocycles. The smallest absolute Gasteiger partial charge is 0.251 e. The third-order valence-corrected chi connectivity index (χ3v) is 14.3. The number of hydrogen-bond acceptors (Lipinski definition) is 11. The fraction of sp³-hybridized carbons (Fsp3) is 0.500. The van der Waals surface area contributed by atoms with Crippen LogP contribution in [0.2, 0.25) is 5.02 Å². The Kier molecular flexibility index (Phi) is 16.6. The molecule has 4 atom stereocenters. The molecule has 2 heterocycles. The number of halogens is 1. The van der Waals surface area contributed by atoms with Gasteiger partial charge in [-0.15, -0.1) is 11.3 Å². The number of aliphatic hydroxyl groups is 1. The minimum atomic E-state index is -0.957. The Morgan fingerprint density at radius 2 is 1.68 bits per heavy atom. The van der Waals surface area contributed by atoms with Crippen LogP contribution in [0.15, 0.2) is 72.2 Å². The van der Waals surface area contributed by atoms with Crippen molar-refractivity contribution >= 4 is 46.6 Å². The fourth-order valence-electron chi connectivity index (χ4n) is 9.57. The number of ether oxygens (including phenoxy) is 3. The highest BCUT2D eigenvalue weighted by atomic mass is 35.5. The predicted molar refractivity (Wildman–Crippen MR) is 262 cm³/mol. The molecule has 364 valence electrons. The summed E-state index contributed by atoms with van der Waals surface area (Å²) >= 11 is 7.81. The predicted octanol–water partition coefficient (Wildman–Crippen LogP) is 8.02. The zero-order valence-corrected chi connectivity index (χ0v) is 42.1. The van der Waals surface area contributed by atoms with Gasteiger partial charge in [0.15, 0.2) is 0 Å². The summed E-state index contributed by atoms with van der Waals surface area (Å²) in [5.74, 6) is -0.236. The van der Waals surface area contributed by atoms with Gasteiger partial charge in [-0.3, -0.25) is 19.2 Å². The summed E-state index contributed by atoms with van der Waals surface area (Å²) in [6, 6.07) is 20.0. The van der Waals surface area contributed by atoms with Gasteiger partial charge in [-0.2, -0.15) is 5.26 Å². The summed E-state index contributed by atoms with van der Waals surface area (Å²) in [6.07, 6.45) is 1.09. The first-order chi connectivity index (χ1) is 32.1. The molecule has 0 unspecified atom stereocenters. The van der Waals surface area contributed by atoms with Crippen molar-refractivity contribution in [2.45, 2.75) is 131 Å². The standard InChI is InChI=1S/C52H65ClN6O8S/c1-31(66-38-20-17-35(18-21-38)45(62)58-48-51(6,7)49(52(48,8)9)67-39-22-19-36(26-54)40(53)25-39)12-10-11-23-65-29-42(61)57-44(50(3,4)5)47(64)59-28-37(60)24-41(59)46(63)55-27-33-13-15-34(16-14-33)43-32(2)56-30-68-43/h13-22,25,30-31,37,41,44,48-49,60H,10-12,23-24,27-29H2,1-9H3,(H,55,63)(H,57,61)(H,58,62)/t31-,37-,41+,44-,48?,49?/m1/s1. The molecule has 1 aliphatic carbocycles. The van der Waals surface area contributed by atoms with Crippen LogP contribution in [0.25, 0.3) is 10.4 Å². The van der Waals surface area contributed by atoms with E-state index in [4.69, 9.17) is 25.8 Å². The first-order valence-electron chi connectivity index (χ1n) is 23.2. The number of hydrogen-bond donors (Lipinski definition) is 4. The first-order valence-corrected chi connectivity index (χ1v) is 24.4. The maximum Gasteiger partial charge on any atom is 0.251 e. The van der Waals surface area contributed by atoms with E-state index in [9.17, 15) is 29.5 Å². The Morgan fingerprint density at radius 3 is 2.29 bits per heavy atom. The molecule has 1 aromatic heterocycles. The monoisotopic (exact) mass is 968 g/mol. The minimum absolute atomic E-state index is 0.0146. The SMILES string of the molecule is Cc1ncsc1-c1ccc(CNC(=O)[C@@H]2C[C@@H](O)CN2C(=O)[C@@H](NC(=O)COCCCC[C@@H](C)Oc2ccc(C(=O)NC3C(C)(C)C(Oc4ccc(C#N)c(Cl)c4)C3(C)C)cc2)C(C)(C)C)cc1. The van der Waals surface area contributed by atoms with Crippen LogP contribution < -0.4 is 25.4 Å². The lowest BCUT2D eigenvalue weighted by Gasteiger charge is -2.63. The van der Waals surface area contributed by atoms with Crippen LogP contribution in [0, 0.1) is 34.5 Å². The van der Waals surface area contributed by atoms with Gasteiger partial charge in [0.1, 0.15) is 42.4 Å². The van der Waals surface area contributed by atoms with Gasteiger partial charge in [-0.05, 0) is 86.1 Å². The van der Waals surface area contributed by atoms with E-state index in [1.807, 2.05) is 64.4 Å². The van der Waals surface area contributed by atoms with Crippen LogP contribution in [0.1, 0.15) is 108 Å². The van der Waals surface area contributed by atoms with E-state index < -0.39 is 46.2 Å². The third kappa shape index (κ3) is 12.4. The van der Waals surface area contributed by atoms with Crippen LogP contribution in [0.4, 0.5) is 0 Å². The van der Waals surface area contributed by atoms with Gasteiger partial charge in [0.05, 0.1) is 38.9 Å². The zero-order valence-electron chi connectivity index (χ0n) is 40.5. The average molecular weight is 970 g/mol. The molecule has 4 amide bonds. The van der Waals surface area contributed by atoms with Gasteiger partial charge in [0, 0.05) is 54.6 Å². The number of carbonyl (C=O) groups excluding carboxylic acids is 4. The highest BCUT2D eigenvalue weighted by Gasteiger charge is 2.64. The Hall–Kier alpha value is -5.53. The number of aryl methyl sites for hydroxylation is 1. The van der Waals surface area contributed by atoms with Crippen molar-refractivity contribution in [3.05, 3.63) is 99.6 Å². The lowest BCUT2D eigenvalue weighted by Crippen LogP contribution is -2.74. The molecule has 14 nitrogen and oxygen atoms in total. The summed E-state index contributed by atoms with van der Waals surface area (Å²) < 4.78 is 18.2. The number of nitriles is 1. The summed E-state index contributed by atoms with van der Waals surface area (Å²) in [5, 5.41) is 29.1. The van der Waals surface area contributed by atoms with Crippen molar-refractivity contribution in [3.8, 4) is 28.0 Å². The van der Waals surface area contributed by atoms with Crippen molar-refractivity contribution < 1.29 is 38.5 Å². The number of thiazole rings is 1. The number of likely N-dealkylation sites (tertiary alicyclic amines) is 1. The number of unbranched alkanes of at least 4 members (excludes halogenated alkanes) is 1. The molecule has 2 fully saturated rings. The molecule has 0 spiro atoms. The molecule has 16 heteroatoms. The van der Waals surface area contributed by atoms with Crippen molar-refractivity contribution in [3.63, 3.8) is 0 Å². The van der Waals surface area contributed by atoms with E-state index in [-0.39, 0.29) is 56.2 Å². The molecule has 2 aliphatic rings. The zero-order chi connectivity index (χ0) is 49.6. The van der Waals surface area contributed by atoms with E-state index >= 15 is 0 Å². The molecular formula is C52H65ClN6O8S. The Labute approximate surface area is 409 Å². The second kappa shape index (κ2) is 21.8. The van der Waals surface area contributed by atoms with Crippen LogP contribution in [-0.4, -0.2) is 94.8 Å². The van der Waals surface area contributed by atoms with E-state index in [1.54, 1.807) is 53.8 Å². The number of β-amino-alcohol motifs (C(OH)–C–C–N with tert-alkyl or cyclic N) is 1. The lowest BCUT2D eigenvalue weighted by molar-refractivity contribution is -0.164. The molecular weight excluding hydrogens is 904 g/mol. The summed E-state index contributed by atoms with van der Waals surface area (Å²) in [4.78, 5) is 60.8. The van der Waals surface area contributed by atoms with Gasteiger partial charge in [-0.25, -0.2) is 4.98 Å². The largest absolute Gasteiger partial charge is 0.491 e. The molecule has 4 aromatic rings. The minimum Gasteiger partial charge on any atom is -0.491 e. The van der Waals surface area contributed by atoms with Crippen LogP contribution in [-0.2, 0) is 25.7 Å². The van der Waals surface area contributed by atoms with Crippen LogP contribution in [0.5, 0.6) is 11.5 Å². The topological polar surface area (TPSA) is 192 Å². The maximum atomic E-state index is 14.0. The van der Waals surface area contributed by atoms with Crippen molar-refractivity contribution in [1.29, 1.82) is 5.26 Å². The van der Waals surface area contributed by atoms with Gasteiger partial charge < -0.3 is 40.2 Å². The highest BCUT2D eigenvalue weighted by molar-refractivity contribution is 7.13. The quantitative estimate of drug-likeness (QED) is 0.0670. The van der Waals surface area contributed by atoms with E-state index in [0.29, 0.717) is 40.7 Å². The second-order valence-corrected chi connectivity index (χ2v) is 21.5. The van der Waals surface area contributed by atoms with E-state index in [2.05, 4.69) is 54.7 Å². The summed E-state index contributed by atoms with van der Waals surface area (Å²) in [7, 11) is 0. The number of aliphatic hydroxyl groups excluding tert-OH is 1. The van der Waals surface area contributed by atoms with Gasteiger partial charge in [-0.1, -0.05) is 84.3 Å². The number of aromatic nitrogens is 1. The number of nitrogens with zero attached hydrogens (tertiary/aromatic N) is 3. The molecule has 4 N–H and O–H groups in total. The van der Waals surface area contributed by atoms with Crippen molar-refractivity contribution in [1.82, 2.24) is 25.8 Å². The lowest BCUT2D eigenvalue weighted by atomic mass is 9.49.